The fourth-order valence-corrected chi connectivity index (χ4v) is 3.90. The Morgan fingerprint density at radius 2 is 2.00 bits per heavy atom. The number of H-pyrrole nitrogens is 1. The van der Waals surface area contributed by atoms with Gasteiger partial charge in [0.15, 0.2) is 0 Å². The molecule has 2 aliphatic carbocycles. The standard InChI is InChI=1S/C17H26N2O/c1-2-12-6-8-13(9-7-12)18-15-4-3-5-16-14(15)10-11-17(20)19-16/h10-13,15,18H,2-9H2,1H3,(H,19,20). The van der Waals surface area contributed by atoms with Crippen molar-refractivity contribution in [3.05, 3.63) is 33.7 Å². The third kappa shape index (κ3) is 2.98. The topological polar surface area (TPSA) is 44.9 Å². The second kappa shape index (κ2) is 6.13. The smallest absolute Gasteiger partial charge is 0.248 e. The number of aromatic amines is 1. The SMILES string of the molecule is CCC1CCC(NC2CCCc3[nH]c(=O)ccc32)CC1. The van der Waals surface area contributed by atoms with Crippen molar-refractivity contribution >= 4 is 0 Å². The highest BCUT2D eigenvalue weighted by Crippen LogP contribution is 2.32. The molecule has 0 spiro atoms. The molecule has 1 unspecified atom stereocenters. The lowest BCUT2D eigenvalue weighted by atomic mass is 9.83. The van der Waals surface area contributed by atoms with E-state index < -0.39 is 0 Å². The van der Waals surface area contributed by atoms with E-state index in [9.17, 15) is 4.79 Å². The van der Waals surface area contributed by atoms with Crippen molar-refractivity contribution in [2.24, 2.45) is 5.92 Å². The first-order valence-electron chi connectivity index (χ1n) is 8.24. The molecule has 110 valence electrons. The number of pyridine rings is 1. The highest BCUT2D eigenvalue weighted by Gasteiger charge is 2.26. The Kier molecular flexibility index (Phi) is 4.25. The highest BCUT2D eigenvalue weighted by molar-refractivity contribution is 5.26. The minimum absolute atomic E-state index is 0.0350. The molecule has 0 amide bonds. The fraction of sp³-hybridized carbons (Fsp3) is 0.706. The van der Waals surface area contributed by atoms with Crippen molar-refractivity contribution in [3.63, 3.8) is 0 Å². The monoisotopic (exact) mass is 274 g/mol. The lowest BCUT2D eigenvalue weighted by Gasteiger charge is -2.34. The first kappa shape index (κ1) is 13.9. The van der Waals surface area contributed by atoms with Crippen LogP contribution in [-0.4, -0.2) is 11.0 Å². The van der Waals surface area contributed by atoms with E-state index in [2.05, 4.69) is 17.2 Å². The summed E-state index contributed by atoms with van der Waals surface area (Å²) in [6.45, 7) is 2.31. The van der Waals surface area contributed by atoms with Crippen molar-refractivity contribution in [1.29, 1.82) is 0 Å². The Labute approximate surface area is 121 Å². The molecule has 1 atom stereocenters. The third-order valence-corrected chi connectivity index (χ3v) is 5.19. The van der Waals surface area contributed by atoms with Crippen molar-refractivity contribution in [1.82, 2.24) is 10.3 Å². The van der Waals surface area contributed by atoms with Gasteiger partial charge in [0, 0.05) is 23.8 Å². The molecule has 1 heterocycles. The molecule has 20 heavy (non-hydrogen) atoms. The first-order chi connectivity index (χ1) is 9.76. The lowest BCUT2D eigenvalue weighted by molar-refractivity contribution is 0.261. The molecular formula is C17H26N2O. The molecule has 3 heteroatoms. The van der Waals surface area contributed by atoms with E-state index in [1.807, 2.05) is 6.07 Å². The molecule has 1 fully saturated rings. The van der Waals surface area contributed by atoms with Gasteiger partial charge in [-0.15, -0.1) is 0 Å². The highest BCUT2D eigenvalue weighted by atomic mass is 16.1. The molecule has 0 aromatic carbocycles. The van der Waals surface area contributed by atoms with E-state index in [1.165, 1.54) is 50.5 Å². The van der Waals surface area contributed by atoms with Crippen LogP contribution in [0.3, 0.4) is 0 Å². The summed E-state index contributed by atoms with van der Waals surface area (Å²) in [7, 11) is 0. The van der Waals surface area contributed by atoms with Gasteiger partial charge < -0.3 is 10.3 Å². The van der Waals surface area contributed by atoms with Crippen molar-refractivity contribution < 1.29 is 0 Å². The first-order valence-corrected chi connectivity index (χ1v) is 8.24. The number of hydrogen-bond acceptors (Lipinski definition) is 2. The number of nitrogens with one attached hydrogen (secondary N) is 2. The quantitative estimate of drug-likeness (QED) is 0.888. The molecule has 2 N–H and O–H groups in total. The molecule has 3 nitrogen and oxygen atoms in total. The maximum absolute atomic E-state index is 11.4. The normalized spacial score (nSPS) is 29.9. The van der Waals surface area contributed by atoms with E-state index in [0.29, 0.717) is 12.1 Å². The van der Waals surface area contributed by atoms with Crippen LogP contribution >= 0.6 is 0 Å². The zero-order valence-electron chi connectivity index (χ0n) is 12.5. The number of aryl methyl sites for hydroxylation is 1. The summed E-state index contributed by atoms with van der Waals surface area (Å²) in [4.78, 5) is 14.4. The van der Waals surface area contributed by atoms with Crippen molar-refractivity contribution in [2.45, 2.75) is 70.4 Å². The van der Waals surface area contributed by atoms with E-state index in [-0.39, 0.29) is 5.56 Å². The zero-order valence-corrected chi connectivity index (χ0v) is 12.5. The van der Waals surface area contributed by atoms with Gasteiger partial charge in [-0.25, -0.2) is 0 Å². The van der Waals surface area contributed by atoms with E-state index >= 15 is 0 Å². The van der Waals surface area contributed by atoms with Gasteiger partial charge in [0.2, 0.25) is 5.56 Å². The summed E-state index contributed by atoms with van der Waals surface area (Å²) in [5.74, 6) is 0.947. The van der Waals surface area contributed by atoms with Crippen molar-refractivity contribution in [2.75, 3.05) is 0 Å². The molecule has 2 aliphatic rings. The van der Waals surface area contributed by atoms with Crippen LogP contribution in [0.5, 0.6) is 0 Å². The molecule has 0 radical (unpaired) electrons. The summed E-state index contributed by atoms with van der Waals surface area (Å²) < 4.78 is 0. The summed E-state index contributed by atoms with van der Waals surface area (Å²) in [5, 5.41) is 3.86. The Morgan fingerprint density at radius 3 is 2.75 bits per heavy atom. The van der Waals surface area contributed by atoms with Gasteiger partial charge in [-0.3, -0.25) is 4.79 Å². The van der Waals surface area contributed by atoms with Crippen LogP contribution in [0, 0.1) is 5.92 Å². The minimum atomic E-state index is 0.0350. The van der Waals surface area contributed by atoms with Gasteiger partial charge in [-0.2, -0.15) is 0 Å². The molecule has 1 saturated carbocycles. The predicted molar refractivity (Wildman–Crippen MR) is 81.9 cm³/mol. The second-order valence-electron chi connectivity index (χ2n) is 6.49. The lowest BCUT2D eigenvalue weighted by Crippen LogP contribution is -2.37. The van der Waals surface area contributed by atoms with Crippen LogP contribution in [0.15, 0.2) is 16.9 Å². The third-order valence-electron chi connectivity index (χ3n) is 5.19. The van der Waals surface area contributed by atoms with Crippen LogP contribution in [-0.2, 0) is 6.42 Å². The Balaban J connectivity index is 1.66. The van der Waals surface area contributed by atoms with Gasteiger partial charge in [0.1, 0.15) is 0 Å². The molecule has 1 aromatic heterocycles. The maximum atomic E-state index is 11.4. The van der Waals surface area contributed by atoms with Gasteiger partial charge in [0.25, 0.3) is 0 Å². The average molecular weight is 274 g/mol. The van der Waals surface area contributed by atoms with Crippen LogP contribution in [0.1, 0.15) is 69.2 Å². The number of hydrogen-bond donors (Lipinski definition) is 2. The summed E-state index contributed by atoms with van der Waals surface area (Å²) >= 11 is 0. The Hall–Kier alpha value is -1.09. The van der Waals surface area contributed by atoms with E-state index in [4.69, 9.17) is 0 Å². The number of rotatable bonds is 3. The molecule has 0 aliphatic heterocycles. The van der Waals surface area contributed by atoms with Gasteiger partial charge in [0.05, 0.1) is 0 Å². The van der Waals surface area contributed by atoms with Crippen LogP contribution < -0.4 is 10.9 Å². The predicted octanol–water partition coefficient (Wildman–Crippen LogP) is 3.31. The van der Waals surface area contributed by atoms with Gasteiger partial charge in [-0.05, 0) is 56.4 Å². The number of aromatic nitrogens is 1. The molecule has 1 aromatic rings. The Bertz CT molecular complexity index is 500. The van der Waals surface area contributed by atoms with Crippen LogP contribution in [0.2, 0.25) is 0 Å². The molecule has 0 saturated heterocycles. The Morgan fingerprint density at radius 1 is 1.20 bits per heavy atom. The maximum Gasteiger partial charge on any atom is 0.248 e. The molecule has 3 rings (SSSR count). The number of fused-ring (bicyclic) bond motifs is 1. The largest absolute Gasteiger partial charge is 0.326 e. The van der Waals surface area contributed by atoms with E-state index in [0.717, 1.165) is 18.0 Å². The van der Waals surface area contributed by atoms with Gasteiger partial charge in [-0.1, -0.05) is 19.4 Å². The minimum Gasteiger partial charge on any atom is -0.326 e. The summed E-state index contributed by atoms with van der Waals surface area (Å²) in [5.41, 5.74) is 2.52. The zero-order chi connectivity index (χ0) is 13.9. The van der Waals surface area contributed by atoms with Crippen LogP contribution in [0.4, 0.5) is 0 Å². The van der Waals surface area contributed by atoms with E-state index in [1.54, 1.807) is 6.07 Å². The summed E-state index contributed by atoms with van der Waals surface area (Å²) in [6.07, 6.45) is 10.1. The average Bonchev–Trinajstić information content (AvgIpc) is 2.48. The molecule has 0 bridgehead atoms. The van der Waals surface area contributed by atoms with Crippen LogP contribution in [0.25, 0.3) is 0 Å². The van der Waals surface area contributed by atoms with Crippen molar-refractivity contribution in [3.8, 4) is 0 Å². The summed E-state index contributed by atoms with van der Waals surface area (Å²) in [6, 6.07) is 4.81. The fourth-order valence-electron chi connectivity index (χ4n) is 3.90. The van der Waals surface area contributed by atoms with Gasteiger partial charge >= 0.3 is 0 Å². The molecular weight excluding hydrogens is 248 g/mol. The second-order valence-corrected chi connectivity index (χ2v) is 6.49.